The third kappa shape index (κ3) is 3.91. The average molecular weight is 524 g/mol. The summed E-state index contributed by atoms with van der Waals surface area (Å²) in [6, 6.07) is 1.89. The number of carbonyl (C=O) groups is 1. The van der Waals surface area contributed by atoms with Crippen molar-refractivity contribution in [2.24, 2.45) is 0 Å². The second-order valence-electron chi connectivity index (χ2n) is 5.91. The van der Waals surface area contributed by atoms with Crippen LogP contribution < -0.4 is 5.32 Å². The summed E-state index contributed by atoms with van der Waals surface area (Å²) < 4.78 is 198. The smallest absolute Gasteiger partial charge is 0.321 e. The summed E-state index contributed by atoms with van der Waals surface area (Å²) in [6.45, 7) is 0. The molecule has 184 valence electrons. The first kappa shape index (κ1) is 28.0. The minimum absolute atomic E-state index is 0.135. The monoisotopic (exact) mass is 523 g/mol. The molecule has 0 aliphatic carbocycles. The van der Waals surface area contributed by atoms with Crippen molar-refractivity contribution in [2.75, 3.05) is 5.32 Å². The fourth-order valence-corrected chi connectivity index (χ4v) is 2.00. The van der Waals surface area contributed by atoms with Gasteiger partial charge < -0.3 is 5.32 Å². The zero-order chi connectivity index (χ0) is 25.8. The molecule has 0 aliphatic heterocycles. The number of halogens is 16. The van der Waals surface area contributed by atoms with Gasteiger partial charge in [-0.1, -0.05) is 6.07 Å². The van der Waals surface area contributed by atoms with Crippen molar-refractivity contribution >= 4 is 23.2 Å². The first-order valence-corrected chi connectivity index (χ1v) is 7.68. The molecule has 32 heavy (non-hydrogen) atoms. The maximum absolute atomic E-state index is 13.7. The van der Waals surface area contributed by atoms with Crippen LogP contribution in [-0.4, -0.2) is 46.8 Å². The Balaban J connectivity index is 3.49. The first-order chi connectivity index (χ1) is 13.9. The molecule has 0 bridgehead atoms. The van der Waals surface area contributed by atoms with Crippen LogP contribution in [0.5, 0.6) is 0 Å². The lowest BCUT2D eigenvalue weighted by Gasteiger charge is -2.41. The van der Waals surface area contributed by atoms with Crippen LogP contribution in [0.2, 0.25) is 0 Å². The molecule has 1 rings (SSSR count). The predicted octanol–water partition coefficient (Wildman–Crippen LogP) is 6.41. The quantitative estimate of drug-likeness (QED) is 0.310. The highest BCUT2D eigenvalue weighted by Crippen LogP contribution is 2.62. The SMILES string of the molecule is O=C(Nc1cccc(F)c1)C(F)(F)C(F)(F)C(F)(F)C(F)(F)C(F)(F)C(F)(F)C(F)(F)Cl. The summed E-state index contributed by atoms with van der Waals surface area (Å²) in [7, 11) is 0. The molecule has 0 spiro atoms. The lowest BCUT2D eigenvalue weighted by Crippen LogP contribution is -2.73. The number of anilines is 1. The van der Waals surface area contributed by atoms with Crippen molar-refractivity contribution in [3.8, 4) is 0 Å². The van der Waals surface area contributed by atoms with Crippen LogP contribution in [-0.2, 0) is 4.79 Å². The molecule has 1 aromatic rings. The fourth-order valence-electron chi connectivity index (χ4n) is 1.89. The molecule has 2 nitrogen and oxygen atoms in total. The molecule has 18 heteroatoms. The number of nitrogens with one attached hydrogen (secondary N) is 1. The van der Waals surface area contributed by atoms with Crippen LogP contribution >= 0.6 is 11.6 Å². The Labute approximate surface area is 171 Å². The van der Waals surface area contributed by atoms with Gasteiger partial charge in [0.2, 0.25) is 0 Å². The summed E-state index contributed by atoms with van der Waals surface area (Å²) in [6.07, 6.45) is 0. The normalized spacial score (nSPS) is 15.0. The number of alkyl halides is 15. The van der Waals surface area contributed by atoms with Gasteiger partial charge in [0.05, 0.1) is 0 Å². The molecular formula is C14H5ClF15NO. The lowest BCUT2D eigenvalue weighted by molar-refractivity contribution is -0.431. The highest BCUT2D eigenvalue weighted by molar-refractivity contribution is 6.22. The van der Waals surface area contributed by atoms with E-state index in [1.54, 1.807) is 0 Å². The molecule has 0 aromatic heterocycles. The van der Waals surface area contributed by atoms with Crippen LogP contribution in [0.3, 0.4) is 0 Å². The molecule has 1 N–H and O–H groups in total. The highest BCUT2D eigenvalue weighted by Gasteiger charge is 2.93. The van der Waals surface area contributed by atoms with Crippen molar-refractivity contribution in [3.63, 3.8) is 0 Å². The van der Waals surface area contributed by atoms with Gasteiger partial charge in [-0.2, -0.15) is 61.5 Å². The van der Waals surface area contributed by atoms with Crippen molar-refractivity contribution in [1.82, 2.24) is 0 Å². The van der Waals surface area contributed by atoms with E-state index in [1.807, 2.05) is 0 Å². The van der Waals surface area contributed by atoms with Gasteiger partial charge in [0.1, 0.15) is 5.82 Å². The first-order valence-electron chi connectivity index (χ1n) is 7.30. The van der Waals surface area contributed by atoms with Crippen LogP contribution in [0.4, 0.5) is 71.5 Å². The number of amides is 1. The van der Waals surface area contributed by atoms with Crippen LogP contribution in [0.25, 0.3) is 0 Å². The zero-order valence-corrected chi connectivity index (χ0v) is 15.0. The molecule has 0 fully saturated rings. The number of carbonyl (C=O) groups excluding carboxylic acids is 1. The highest BCUT2D eigenvalue weighted by atomic mass is 35.5. The molecule has 0 unspecified atom stereocenters. The topological polar surface area (TPSA) is 29.1 Å². The Hall–Kier alpha value is -2.07. The van der Waals surface area contributed by atoms with Crippen LogP contribution in [0, 0.1) is 5.82 Å². The third-order valence-electron chi connectivity index (χ3n) is 3.70. The second kappa shape index (κ2) is 7.76. The van der Waals surface area contributed by atoms with E-state index in [0.717, 1.165) is 0 Å². The number of hydrogen-bond acceptors (Lipinski definition) is 1. The van der Waals surface area contributed by atoms with Gasteiger partial charge in [0, 0.05) is 5.69 Å². The Morgan fingerprint density at radius 1 is 0.688 bits per heavy atom. The van der Waals surface area contributed by atoms with E-state index < -0.39 is 58.3 Å². The minimum atomic E-state index is -8.34. The summed E-state index contributed by atoms with van der Waals surface area (Å²) in [5.74, 6) is -52.3. The fraction of sp³-hybridized carbons (Fsp3) is 0.500. The molecule has 0 radical (unpaired) electrons. The van der Waals surface area contributed by atoms with Crippen molar-refractivity contribution in [1.29, 1.82) is 0 Å². The van der Waals surface area contributed by atoms with Crippen LogP contribution in [0.1, 0.15) is 0 Å². The van der Waals surface area contributed by atoms with Gasteiger partial charge in [0.15, 0.2) is 0 Å². The number of hydrogen-bond donors (Lipinski definition) is 1. The van der Waals surface area contributed by atoms with Gasteiger partial charge in [-0.3, -0.25) is 4.79 Å². The summed E-state index contributed by atoms with van der Waals surface area (Å²) in [5, 5.41) is -6.07. The van der Waals surface area contributed by atoms with E-state index in [2.05, 4.69) is 11.6 Å². The van der Waals surface area contributed by atoms with Crippen molar-refractivity contribution in [2.45, 2.75) is 40.9 Å². The molecule has 0 atom stereocenters. The molecule has 0 saturated heterocycles. The number of rotatable bonds is 8. The molecule has 0 heterocycles. The second-order valence-corrected chi connectivity index (χ2v) is 6.38. The van der Waals surface area contributed by atoms with Gasteiger partial charge in [-0.25, -0.2) is 4.39 Å². The van der Waals surface area contributed by atoms with E-state index in [4.69, 9.17) is 0 Å². The summed E-state index contributed by atoms with van der Waals surface area (Å²) >= 11 is 3.45. The maximum Gasteiger partial charge on any atom is 0.393 e. The Bertz CT molecular complexity index is 864. The van der Waals surface area contributed by atoms with Crippen molar-refractivity contribution in [3.05, 3.63) is 30.1 Å². The van der Waals surface area contributed by atoms with E-state index in [0.29, 0.717) is 23.5 Å². The summed E-state index contributed by atoms with van der Waals surface area (Å²) in [4.78, 5) is 11.3. The molecule has 0 aliphatic rings. The molecule has 1 amide bonds. The Morgan fingerprint density at radius 2 is 1.09 bits per heavy atom. The summed E-state index contributed by atoms with van der Waals surface area (Å²) in [5.41, 5.74) is -1.14. The van der Waals surface area contributed by atoms with E-state index in [9.17, 15) is 70.7 Å². The largest absolute Gasteiger partial charge is 0.393 e. The minimum Gasteiger partial charge on any atom is -0.321 e. The van der Waals surface area contributed by atoms with E-state index in [1.165, 1.54) is 0 Å². The molecule has 1 aromatic carbocycles. The van der Waals surface area contributed by atoms with Crippen molar-refractivity contribution < 1.29 is 70.7 Å². The van der Waals surface area contributed by atoms with Gasteiger partial charge in [0.25, 0.3) is 0 Å². The lowest BCUT2D eigenvalue weighted by atomic mass is 9.91. The van der Waals surface area contributed by atoms with Gasteiger partial charge in [-0.15, -0.1) is 0 Å². The number of benzene rings is 1. The standard InChI is InChI=1S/C14H5ClF15NO/c15-14(29,30)13(27,28)12(25,26)11(23,24)10(21,22)9(19,20)8(17,18)7(32)31-6-3-1-2-5(16)4-6/h1-4H,(H,31,32). The maximum atomic E-state index is 13.7. The molecule has 0 saturated carbocycles. The van der Waals surface area contributed by atoms with Crippen LogP contribution in [0.15, 0.2) is 24.3 Å². The van der Waals surface area contributed by atoms with Gasteiger partial charge >= 0.3 is 46.8 Å². The third-order valence-corrected chi connectivity index (χ3v) is 3.93. The van der Waals surface area contributed by atoms with E-state index in [-0.39, 0.29) is 6.07 Å². The average Bonchev–Trinajstić information content (AvgIpc) is 2.59. The Kier molecular flexibility index (Phi) is 6.78. The zero-order valence-electron chi connectivity index (χ0n) is 14.3. The Morgan fingerprint density at radius 3 is 1.50 bits per heavy atom. The van der Waals surface area contributed by atoms with E-state index >= 15 is 0 Å². The predicted molar refractivity (Wildman–Crippen MR) is 75.5 cm³/mol. The van der Waals surface area contributed by atoms with Gasteiger partial charge in [-0.05, 0) is 29.8 Å². The molecular weight excluding hydrogens is 519 g/mol.